The fraction of sp³-hybridized carbons (Fsp3) is 0.214. The van der Waals surface area contributed by atoms with Crippen LogP contribution in [0.15, 0.2) is 36.4 Å². The van der Waals surface area contributed by atoms with E-state index in [1.807, 2.05) is 18.2 Å². The standard InChI is InChI=1S/C14H14N2O/c15-11-6-10-4-5-13(16-14(10)8-11)9-2-1-3-12(17)7-9/h1-5,7,11,17H,6,8,15H2. The second-order valence-corrected chi connectivity index (χ2v) is 4.52. The van der Waals surface area contributed by atoms with Gasteiger partial charge in [-0.25, -0.2) is 0 Å². The van der Waals surface area contributed by atoms with Gasteiger partial charge in [-0.2, -0.15) is 0 Å². The Labute approximate surface area is 99.9 Å². The number of benzene rings is 1. The lowest BCUT2D eigenvalue weighted by Crippen LogP contribution is -2.19. The molecule has 86 valence electrons. The zero-order valence-electron chi connectivity index (χ0n) is 9.43. The number of hydrogen-bond donors (Lipinski definition) is 2. The highest BCUT2D eigenvalue weighted by Crippen LogP contribution is 2.26. The second kappa shape index (κ2) is 3.86. The summed E-state index contributed by atoms with van der Waals surface area (Å²) < 4.78 is 0. The first kappa shape index (κ1) is 10.3. The van der Waals surface area contributed by atoms with Gasteiger partial charge in [0.1, 0.15) is 5.75 Å². The predicted molar refractivity (Wildman–Crippen MR) is 66.7 cm³/mol. The molecule has 0 aliphatic heterocycles. The number of hydrogen-bond acceptors (Lipinski definition) is 3. The van der Waals surface area contributed by atoms with Gasteiger partial charge in [0.15, 0.2) is 0 Å². The van der Waals surface area contributed by atoms with Crippen LogP contribution in [0.5, 0.6) is 5.75 Å². The Morgan fingerprint density at radius 1 is 1.18 bits per heavy atom. The topological polar surface area (TPSA) is 59.1 Å². The summed E-state index contributed by atoms with van der Waals surface area (Å²) >= 11 is 0. The van der Waals surface area contributed by atoms with Crippen molar-refractivity contribution in [1.29, 1.82) is 0 Å². The van der Waals surface area contributed by atoms with Crippen LogP contribution in [0.1, 0.15) is 11.3 Å². The predicted octanol–water partition coefficient (Wildman–Crippen LogP) is 1.88. The molecule has 3 nitrogen and oxygen atoms in total. The van der Waals surface area contributed by atoms with Crippen molar-refractivity contribution < 1.29 is 5.11 Å². The second-order valence-electron chi connectivity index (χ2n) is 4.52. The maximum Gasteiger partial charge on any atom is 0.116 e. The van der Waals surface area contributed by atoms with Gasteiger partial charge in [0, 0.05) is 23.7 Å². The summed E-state index contributed by atoms with van der Waals surface area (Å²) in [5, 5.41) is 9.46. The summed E-state index contributed by atoms with van der Waals surface area (Å²) in [7, 11) is 0. The van der Waals surface area contributed by atoms with E-state index in [1.54, 1.807) is 12.1 Å². The summed E-state index contributed by atoms with van der Waals surface area (Å²) in [6, 6.07) is 11.4. The first-order valence-corrected chi connectivity index (χ1v) is 5.76. The van der Waals surface area contributed by atoms with Gasteiger partial charge in [-0.15, -0.1) is 0 Å². The van der Waals surface area contributed by atoms with Gasteiger partial charge in [0.2, 0.25) is 0 Å². The van der Waals surface area contributed by atoms with Gasteiger partial charge in [-0.3, -0.25) is 4.98 Å². The van der Waals surface area contributed by atoms with E-state index < -0.39 is 0 Å². The van der Waals surface area contributed by atoms with Crippen LogP contribution >= 0.6 is 0 Å². The first-order chi connectivity index (χ1) is 8.22. The third-order valence-electron chi connectivity index (χ3n) is 3.15. The zero-order chi connectivity index (χ0) is 11.8. The van der Waals surface area contributed by atoms with E-state index in [9.17, 15) is 5.11 Å². The van der Waals surface area contributed by atoms with Crippen molar-refractivity contribution in [3.8, 4) is 17.0 Å². The summed E-state index contributed by atoms with van der Waals surface area (Å²) in [6.07, 6.45) is 1.77. The highest BCUT2D eigenvalue weighted by Gasteiger charge is 2.19. The van der Waals surface area contributed by atoms with Gasteiger partial charge in [0.05, 0.1) is 5.69 Å². The lowest BCUT2D eigenvalue weighted by atomic mass is 10.1. The highest BCUT2D eigenvalue weighted by atomic mass is 16.3. The minimum Gasteiger partial charge on any atom is -0.508 e. The molecule has 1 atom stereocenters. The van der Waals surface area contributed by atoms with E-state index >= 15 is 0 Å². The van der Waals surface area contributed by atoms with Crippen LogP contribution in [-0.2, 0) is 12.8 Å². The van der Waals surface area contributed by atoms with Crippen LogP contribution < -0.4 is 5.73 Å². The molecule has 1 unspecified atom stereocenters. The normalized spacial score (nSPS) is 18.1. The minimum absolute atomic E-state index is 0.205. The van der Waals surface area contributed by atoms with Crippen LogP contribution in [0, 0.1) is 0 Å². The van der Waals surface area contributed by atoms with E-state index in [-0.39, 0.29) is 11.8 Å². The van der Waals surface area contributed by atoms with Gasteiger partial charge >= 0.3 is 0 Å². The van der Waals surface area contributed by atoms with Crippen LogP contribution in [0.4, 0.5) is 0 Å². The molecule has 0 radical (unpaired) electrons. The number of aromatic nitrogens is 1. The lowest BCUT2D eigenvalue weighted by Gasteiger charge is -2.04. The quantitative estimate of drug-likeness (QED) is 0.780. The fourth-order valence-corrected chi connectivity index (χ4v) is 2.32. The van der Waals surface area contributed by atoms with E-state index in [0.717, 1.165) is 29.8 Å². The summed E-state index contributed by atoms with van der Waals surface area (Å²) in [4.78, 5) is 4.62. The van der Waals surface area contributed by atoms with E-state index in [1.165, 1.54) is 5.56 Å². The van der Waals surface area contributed by atoms with E-state index in [2.05, 4.69) is 11.1 Å². The summed E-state index contributed by atoms with van der Waals surface area (Å²) in [6.45, 7) is 0. The molecule has 3 rings (SSSR count). The molecule has 0 saturated heterocycles. The molecule has 0 amide bonds. The van der Waals surface area contributed by atoms with Crippen LogP contribution in [0.3, 0.4) is 0 Å². The Kier molecular flexibility index (Phi) is 2.34. The molecule has 1 aromatic carbocycles. The number of phenolic OH excluding ortho intramolecular Hbond substituents is 1. The van der Waals surface area contributed by atoms with E-state index in [4.69, 9.17) is 5.73 Å². The van der Waals surface area contributed by atoms with Crippen LogP contribution in [0.2, 0.25) is 0 Å². The number of phenols is 1. The van der Waals surface area contributed by atoms with Crippen molar-refractivity contribution in [3.63, 3.8) is 0 Å². The largest absolute Gasteiger partial charge is 0.508 e. The first-order valence-electron chi connectivity index (χ1n) is 5.76. The molecular weight excluding hydrogens is 212 g/mol. The number of pyridine rings is 1. The molecule has 3 heteroatoms. The molecule has 1 aliphatic rings. The molecule has 17 heavy (non-hydrogen) atoms. The fourth-order valence-electron chi connectivity index (χ4n) is 2.32. The van der Waals surface area contributed by atoms with Crippen molar-refractivity contribution in [1.82, 2.24) is 4.98 Å². The van der Waals surface area contributed by atoms with Crippen molar-refractivity contribution >= 4 is 0 Å². The molecule has 1 heterocycles. The molecule has 0 bridgehead atoms. The number of nitrogens with two attached hydrogens (primary N) is 1. The molecule has 0 saturated carbocycles. The molecule has 0 fully saturated rings. The molecule has 3 N–H and O–H groups in total. The molecule has 0 spiro atoms. The minimum atomic E-state index is 0.205. The van der Waals surface area contributed by atoms with E-state index in [0.29, 0.717) is 0 Å². The molecule has 2 aromatic rings. The Hall–Kier alpha value is -1.87. The number of aromatic hydroxyl groups is 1. The summed E-state index contributed by atoms with van der Waals surface area (Å²) in [5.41, 5.74) is 10.1. The van der Waals surface area contributed by atoms with Crippen molar-refractivity contribution in [3.05, 3.63) is 47.7 Å². The maximum absolute atomic E-state index is 9.46. The SMILES string of the molecule is NC1Cc2ccc(-c3cccc(O)c3)nc2C1. The Morgan fingerprint density at radius 3 is 2.88 bits per heavy atom. The number of rotatable bonds is 1. The molecule has 1 aliphatic carbocycles. The Balaban J connectivity index is 2.03. The van der Waals surface area contributed by atoms with Crippen LogP contribution in [0.25, 0.3) is 11.3 Å². The molecule has 1 aromatic heterocycles. The van der Waals surface area contributed by atoms with Crippen LogP contribution in [-0.4, -0.2) is 16.1 Å². The number of nitrogens with zero attached hydrogens (tertiary/aromatic N) is 1. The average Bonchev–Trinajstić information content (AvgIpc) is 2.68. The van der Waals surface area contributed by atoms with Crippen molar-refractivity contribution in [2.24, 2.45) is 5.73 Å². The van der Waals surface area contributed by atoms with Crippen molar-refractivity contribution in [2.45, 2.75) is 18.9 Å². The Bertz CT molecular complexity index is 566. The smallest absolute Gasteiger partial charge is 0.116 e. The van der Waals surface area contributed by atoms with Gasteiger partial charge in [-0.05, 0) is 30.2 Å². The zero-order valence-corrected chi connectivity index (χ0v) is 9.43. The molecular formula is C14H14N2O. The van der Waals surface area contributed by atoms with Gasteiger partial charge in [-0.1, -0.05) is 18.2 Å². The van der Waals surface area contributed by atoms with Gasteiger partial charge < -0.3 is 10.8 Å². The average molecular weight is 226 g/mol. The monoisotopic (exact) mass is 226 g/mol. The van der Waals surface area contributed by atoms with Crippen molar-refractivity contribution in [2.75, 3.05) is 0 Å². The lowest BCUT2D eigenvalue weighted by molar-refractivity contribution is 0.475. The third kappa shape index (κ3) is 1.89. The highest BCUT2D eigenvalue weighted by molar-refractivity contribution is 5.61. The Morgan fingerprint density at radius 2 is 2.06 bits per heavy atom. The van der Waals surface area contributed by atoms with Gasteiger partial charge in [0.25, 0.3) is 0 Å². The third-order valence-corrected chi connectivity index (χ3v) is 3.15. The maximum atomic E-state index is 9.46. The summed E-state index contributed by atoms with van der Waals surface area (Å²) in [5.74, 6) is 0.265. The number of fused-ring (bicyclic) bond motifs is 1.